The van der Waals surface area contributed by atoms with Crippen LogP contribution in [0.4, 0.5) is 18.0 Å². The van der Waals surface area contributed by atoms with Gasteiger partial charge in [0.25, 0.3) is 0 Å². The summed E-state index contributed by atoms with van der Waals surface area (Å²) < 4.78 is 62.5. The summed E-state index contributed by atoms with van der Waals surface area (Å²) in [5, 5.41) is -0.0459. The summed E-state index contributed by atoms with van der Waals surface area (Å²) in [4.78, 5) is 36.7. The highest BCUT2D eigenvalue weighted by molar-refractivity contribution is 7.84. The average molecular weight is 556 g/mol. The van der Waals surface area contributed by atoms with Gasteiger partial charge in [0.15, 0.2) is 6.61 Å². The Bertz CT molecular complexity index is 1330. The van der Waals surface area contributed by atoms with Crippen molar-refractivity contribution in [1.29, 1.82) is 0 Å². The van der Waals surface area contributed by atoms with E-state index in [1.165, 1.54) is 35.7 Å². The van der Waals surface area contributed by atoms with Crippen molar-refractivity contribution in [3.8, 4) is 5.75 Å². The number of nitrogens with zero attached hydrogens (tertiary/aromatic N) is 5. The lowest BCUT2D eigenvalue weighted by molar-refractivity contribution is -0.153. The van der Waals surface area contributed by atoms with Crippen molar-refractivity contribution in [2.24, 2.45) is 0 Å². The predicted octanol–water partition coefficient (Wildman–Crippen LogP) is 2.99. The van der Waals surface area contributed by atoms with E-state index in [0.29, 0.717) is 16.6 Å². The molecule has 2 aromatic heterocycles. The Kier molecular flexibility index (Phi) is 9.44. The molecule has 0 aliphatic rings. The van der Waals surface area contributed by atoms with Crippen LogP contribution < -0.4 is 4.74 Å². The maximum Gasteiger partial charge on any atom is 0.422 e. The van der Waals surface area contributed by atoms with Crippen LogP contribution in [0.1, 0.15) is 11.3 Å². The molecule has 2 heterocycles. The first-order chi connectivity index (χ1) is 17.9. The lowest BCUT2D eigenvalue weighted by atomic mass is 10.2. The number of pyridine rings is 1. The minimum Gasteiger partial charge on any atom is -0.484 e. The van der Waals surface area contributed by atoms with Gasteiger partial charge >= 0.3 is 18.2 Å². The molecule has 1 unspecified atom stereocenters. The van der Waals surface area contributed by atoms with E-state index in [1.54, 1.807) is 43.3 Å². The fraction of sp³-hybridized carbons (Fsp3) is 0.417. The average Bonchev–Trinajstić information content (AvgIpc) is 3.22. The first-order valence-corrected chi connectivity index (χ1v) is 12.7. The molecule has 1 amide bonds. The zero-order valence-electron chi connectivity index (χ0n) is 21.3. The van der Waals surface area contributed by atoms with Crippen LogP contribution in [0.25, 0.3) is 11.0 Å². The molecular formula is C24H28F3N5O5S. The van der Waals surface area contributed by atoms with Crippen LogP contribution in [-0.4, -0.2) is 94.2 Å². The number of hydrogen-bond acceptors (Lipinski definition) is 8. The molecule has 3 rings (SSSR count). The van der Waals surface area contributed by atoms with Crippen LogP contribution in [0.2, 0.25) is 0 Å². The quantitative estimate of drug-likeness (QED) is 0.352. The lowest BCUT2D eigenvalue weighted by Crippen LogP contribution is -2.35. The third kappa shape index (κ3) is 7.51. The topological polar surface area (TPSA) is 107 Å². The highest BCUT2D eigenvalue weighted by Crippen LogP contribution is 2.26. The van der Waals surface area contributed by atoms with Crippen molar-refractivity contribution in [2.45, 2.75) is 24.0 Å². The number of likely N-dealkylation sites (N-methyl/N-ethyl adjacent to an activating group) is 2. The molecule has 1 aromatic carbocycles. The number of imidazole rings is 1. The second-order valence-electron chi connectivity index (χ2n) is 8.66. The van der Waals surface area contributed by atoms with Gasteiger partial charge in [0.1, 0.15) is 12.4 Å². The highest BCUT2D eigenvalue weighted by Gasteiger charge is 2.29. The zero-order chi connectivity index (χ0) is 28.0. The molecule has 0 N–H and O–H groups in total. The largest absolute Gasteiger partial charge is 0.484 e. The SMILES string of the molecule is Cc1c(OCC(F)(F)F)ccnc1CS(=O)c1nc2ccccc2n1C(=O)N(C)CCOC(=O)CN(C)C. The van der Waals surface area contributed by atoms with Crippen LogP contribution in [0.15, 0.2) is 41.7 Å². The molecule has 38 heavy (non-hydrogen) atoms. The van der Waals surface area contributed by atoms with E-state index in [-0.39, 0.29) is 42.0 Å². The number of halogens is 3. The van der Waals surface area contributed by atoms with Crippen LogP contribution in [0.3, 0.4) is 0 Å². The number of ether oxygens (including phenoxy) is 2. The Balaban J connectivity index is 1.82. The van der Waals surface area contributed by atoms with Crippen LogP contribution in [0, 0.1) is 6.92 Å². The molecule has 0 aliphatic heterocycles. The molecule has 1 atom stereocenters. The molecule has 206 valence electrons. The third-order valence-electron chi connectivity index (χ3n) is 5.30. The fourth-order valence-electron chi connectivity index (χ4n) is 3.42. The van der Waals surface area contributed by atoms with Crippen LogP contribution in [-0.2, 0) is 26.1 Å². The van der Waals surface area contributed by atoms with Crippen molar-refractivity contribution in [3.63, 3.8) is 0 Å². The Hall–Kier alpha value is -3.52. The molecule has 0 fully saturated rings. The van der Waals surface area contributed by atoms with E-state index in [4.69, 9.17) is 9.47 Å². The number of alkyl halides is 3. The van der Waals surface area contributed by atoms with Crippen LogP contribution in [0.5, 0.6) is 5.75 Å². The number of hydrogen-bond donors (Lipinski definition) is 0. The van der Waals surface area contributed by atoms with E-state index in [1.807, 2.05) is 0 Å². The number of amides is 1. The molecule has 10 nitrogen and oxygen atoms in total. The normalized spacial score (nSPS) is 12.5. The smallest absolute Gasteiger partial charge is 0.422 e. The number of benzene rings is 1. The molecule has 0 radical (unpaired) electrons. The Morgan fingerprint density at radius 2 is 1.84 bits per heavy atom. The summed E-state index contributed by atoms with van der Waals surface area (Å²) >= 11 is 0. The zero-order valence-corrected chi connectivity index (χ0v) is 22.1. The Labute approximate surface area is 219 Å². The third-order valence-corrected chi connectivity index (χ3v) is 6.52. The van der Waals surface area contributed by atoms with E-state index in [0.717, 1.165) is 0 Å². The number of carbonyl (C=O) groups is 2. The van der Waals surface area contributed by atoms with Gasteiger partial charge in [0.05, 0.1) is 46.4 Å². The second-order valence-corrected chi connectivity index (χ2v) is 10.0. The molecule has 0 aliphatic carbocycles. The fourth-order valence-corrected chi connectivity index (χ4v) is 4.67. The monoisotopic (exact) mass is 555 g/mol. The first kappa shape index (κ1) is 29.0. The maximum atomic E-state index is 13.4. The highest BCUT2D eigenvalue weighted by atomic mass is 32.2. The first-order valence-electron chi connectivity index (χ1n) is 11.4. The van der Waals surface area contributed by atoms with Crippen molar-refractivity contribution in [2.75, 3.05) is 47.4 Å². The number of para-hydroxylation sites is 2. The number of esters is 1. The molecule has 0 saturated heterocycles. The molecule has 0 bridgehead atoms. The predicted molar refractivity (Wildman–Crippen MR) is 133 cm³/mol. The van der Waals surface area contributed by atoms with E-state index in [9.17, 15) is 27.0 Å². The summed E-state index contributed by atoms with van der Waals surface area (Å²) in [5.74, 6) is -0.676. The number of fused-ring (bicyclic) bond motifs is 1. The van der Waals surface area contributed by atoms with E-state index < -0.39 is 35.6 Å². The molecule has 3 aromatic rings. The van der Waals surface area contributed by atoms with Crippen molar-refractivity contribution in [3.05, 3.63) is 47.8 Å². The maximum absolute atomic E-state index is 13.4. The van der Waals surface area contributed by atoms with Gasteiger partial charge in [-0.2, -0.15) is 13.2 Å². The summed E-state index contributed by atoms with van der Waals surface area (Å²) in [6, 6.07) is 7.50. The molecule has 0 spiro atoms. The van der Waals surface area contributed by atoms with Gasteiger partial charge in [-0.15, -0.1) is 0 Å². The Morgan fingerprint density at radius 3 is 2.53 bits per heavy atom. The molecule has 14 heteroatoms. The minimum atomic E-state index is -4.51. The Morgan fingerprint density at radius 1 is 1.13 bits per heavy atom. The van der Waals surface area contributed by atoms with E-state index in [2.05, 4.69) is 9.97 Å². The van der Waals surface area contributed by atoms with Gasteiger partial charge in [-0.3, -0.25) is 18.9 Å². The van der Waals surface area contributed by atoms with Crippen molar-refractivity contribution in [1.82, 2.24) is 24.3 Å². The minimum absolute atomic E-state index is 0.0301. The van der Waals surface area contributed by atoms with Crippen molar-refractivity contribution < 1.29 is 36.4 Å². The van der Waals surface area contributed by atoms with Gasteiger partial charge in [0.2, 0.25) is 5.16 Å². The lowest BCUT2D eigenvalue weighted by Gasteiger charge is -2.19. The molecular weight excluding hydrogens is 527 g/mol. The van der Waals surface area contributed by atoms with Gasteiger partial charge in [-0.25, -0.2) is 14.3 Å². The number of rotatable bonds is 10. The van der Waals surface area contributed by atoms with Crippen molar-refractivity contribution >= 4 is 33.8 Å². The summed E-state index contributed by atoms with van der Waals surface area (Å²) in [6.07, 6.45) is -3.24. The second kappa shape index (κ2) is 12.3. The van der Waals surface area contributed by atoms with Gasteiger partial charge in [-0.1, -0.05) is 12.1 Å². The standard InChI is InChI=1S/C24H28F3N5O5S/c1-16-18(28-10-9-20(16)37-15-24(25,26)27)14-38(35)22-29-17-7-5-6-8-19(17)32(22)23(34)31(4)11-12-36-21(33)13-30(2)3/h5-10H,11-15H2,1-4H3. The molecule has 0 saturated carbocycles. The number of carbonyl (C=O) groups excluding carboxylic acids is 2. The number of aromatic nitrogens is 3. The van der Waals surface area contributed by atoms with E-state index >= 15 is 0 Å². The van der Waals surface area contributed by atoms with Gasteiger partial charge in [0, 0.05) is 18.8 Å². The summed E-state index contributed by atoms with van der Waals surface area (Å²) in [7, 11) is 3.06. The summed E-state index contributed by atoms with van der Waals surface area (Å²) in [5.41, 5.74) is 1.40. The summed E-state index contributed by atoms with van der Waals surface area (Å²) in [6.45, 7) is 0.193. The van der Waals surface area contributed by atoms with Gasteiger partial charge < -0.3 is 14.4 Å². The van der Waals surface area contributed by atoms with Gasteiger partial charge in [-0.05, 0) is 39.2 Å². The van der Waals surface area contributed by atoms with Crippen LogP contribution >= 0.6 is 0 Å².